The van der Waals surface area contributed by atoms with Gasteiger partial charge in [-0.3, -0.25) is 4.79 Å². The predicted octanol–water partition coefficient (Wildman–Crippen LogP) is 1.20. The van der Waals surface area contributed by atoms with Crippen molar-refractivity contribution in [1.82, 2.24) is 5.32 Å². The molecule has 0 saturated carbocycles. The number of carbonyl (C=O) groups excluding carboxylic acids is 2. The molecular weight excluding hydrogens is 232 g/mol. The number of anilines is 1. The topological polar surface area (TPSA) is 81.4 Å². The van der Waals surface area contributed by atoms with Crippen LogP contribution in [-0.2, 0) is 9.53 Å². The van der Waals surface area contributed by atoms with E-state index in [9.17, 15) is 9.59 Å². The van der Waals surface area contributed by atoms with E-state index in [1.54, 1.807) is 24.3 Å². The van der Waals surface area contributed by atoms with Crippen molar-refractivity contribution in [1.29, 1.82) is 0 Å². The van der Waals surface area contributed by atoms with Crippen LogP contribution in [0, 0.1) is 5.92 Å². The minimum Gasteiger partial charge on any atom is -0.452 e. The van der Waals surface area contributed by atoms with Gasteiger partial charge >= 0.3 is 5.97 Å². The molecule has 3 N–H and O–H groups in total. The van der Waals surface area contributed by atoms with Crippen molar-refractivity contribution in [2.24, 2.45) is 5.92 Å². The number of hydrogen-bond donors (Lipinski definition) is 2. The van der Waals surface area contributed by atoms with Gasteiger partial charge in [-0.25, -0.2) is 4.79 Å². The van der Waals surface area contributed by atoms with Gasteiger partial charge in [-0.15, -0.1) is 0 Å². The van der Waals surface area contributed by atoms with E-state index in [2.05, 4.69) is 5.32 Å². The largest absolute Gasteiger partial charge is 0.452 e. The predicted molar refractivity (Wildman–Crippen MR) is 69.0 cm³/mol. The summed E-state index contributed by atoms with van der Waals surface area (Å²) in [6.45, 7) is 4.27. The lowest BCUT2D eigenvalue weighted by Gasteiger charge is -2.08. The number of ether oxygens (including phenoxy) is 1. The molecular formula is C13H18N2O3. The number of esters is 1. The van der Waals surface area contributed by atoms with Crippen LogP contribution in [0.5, 0.6) is 0 Å². The maximum absolute atomic E-state index is 11.6. The van der Waals surface area contributed by atoms with Crippen LogP contribution < -0.4 is 11.1 Å². The summed E-state index contributed by atoms with van der Waals surface area (Å²) >= 11 is 0. The third kappa shape index (κ3) is 4.86. The van der Waals surface area contributed by atoms with Crippen molar-refractivity contribution in [3.63, 3.8) is 0 Å². The Hall–Kier alpha value is -2.04. The van der Waals surface area contributed by atoms with E-state index in [4.69, 9.17) is 10.5 Å². The molecule has 0 atom stereocenters. The van der Waals surface area contributed by atoms with Crippen molar-refractivity contribution < 1.29 is 14.3 Å². The van der Waals surface area contributed by atoms with Gasteiger partial charge in [0.2, 0.25) is 0 Å². The van der Waals surface area contributed by atoms with Crippen molar-refractivity contribution in [2.45, 2.75) is 13.8 Å². The zero-order chi connectivity index (χ0) is 13.5. The Morgan fingerprint density at radius 2 is 1.89 bits per heavy atom. The minimum absolute atomic E-state index is 0.268. The Morgan fingerprint density at radius 1 is 1.28 bits per heavy atom. The number of benzene rings is 1. The van der Waals surface area contributed by atoms with E-state index in [-0.39, 0.29) is 12.5 Å². The summed E-state index contributed by atoms with van der Waals surface area (Å²) in [7, 11) is 0. The minimum atomic E-state index is -0.533. The summed E-state index contributed by atoms with van der Waals surface area (Å²) in [4.78, 5) is 22.9. The van der Waals surface area contributed by atoms with E-state index in [0.29, 0.717) is 23.7 Å². The van der Waals surface area contributed by atoms with Gasteiger partial charge in [-0.05, 0) is 30.2 Å². The first-order valence-electron chi connectivity index (χ1n) is 5.78. The molecule has 5 heteroatoms. The molecule has 1 aromatic carbocycles. The molecule has 0 aliphatic heterocycles. The van der Waals surface area contributed by atoms with E-state index in [1.807, 2.05) is 13.8 Å². The zero-order valence-electron chi connectivity index (χ0n) is 10.6. The molecule has 18 heavy (non-hydrogen) atoms. The smallest absolute Gasteiger partial charge is 0.338 e. The number of nitrogens with one attached hydrogen (secondary N) is 1. The van der Waals surface area contributed by atoms with Gasteiger partial charge < -0.3 is 15.8 Å². The maximum Gasteiger partial charge on any atom is 0.338 e. The monoisotopic (exact) mass is 250 g/mol. The molecule has 0 bridgehead atoms. The number of nitrogen functional groups attached to an aromatic ring is 1. The lowest BCUT2D eigenvalue weighted by atomic mass is 10.2. The van der Waals surface area contributed by atoms with Crippen LogP contribution in [0.25, 0.3) is 0 Å². The summed E-state index contributed by atoms with van der Waals surface area (Å²) in [6.07, 6.45) is 0. The molecule has 0 saturated heterocycles. The van der Waals surface area contributed by atoms with Crippen LogP contribution in [0.2, 0.25) is 0 Å². The fourth-order valence-electron chi connectivity index (χ4n) is 1.20. The second-order valence-corrected chi connectivity index (χ2v) is 4.40. The van der Waals surface area contributed by atoms with Gasteiger partial charge in [0.05, 0.1) is 5.56 Å². The van der Waals surface area contributed by atoms with Crippen LogP contribution in [0.15, 0.2) is 24.3 Å². The van der Waals surface area contributed by atoms with Crippen molar-refractivity contribution >= 4 is 17.6 Å². The average Bonchev–Trinajstić information content (AvgIpc) is 2.34. The third-order valence-corrected chi connectivity index (χ3v) is 2.19. The summed E-state index contributed by atoms with van der Waals surface area (Å²) < 4.78 is 4.87. The molecule has 1 aromatic rings. The van der Waals surface area contributed by atoms with Crippen LogP contribution in [0.3, 0.4) is 0 Å². The average molecular weight is 250 g/mol. The summed E-state index contributed by atoms with van der Waals surface area (Å²) in [6, 6.07) is 6.33. The molecule has 0 radical (unpaired) electrons. The van der Waals surface area contributed by atoms with Gasteiger partial charge in [0.15, 0.2) is 6.61 Å². The second-order valence-electron chi connectivity index (χ2n) is 4.40. The number of amides is 1. The van der Waals surface area contributed by atoms with Crippen molar-refractivity contribution in [3.8, 4) is 0 Å². The lowest BCUT2D eigenvalue weighted by Crippen LogP contribution is -2.31. The van der Waals surface area contributed by atoms with Gasteiger partial charge in [0.25, 0.3) is 5.91 Å². The van der Waals surface area contributed by atoms with Crippen LogP contribution in [0.1, 0.15) is 24.2 Å². The van der Waals surface area contributed by atoms with Crippen molar-refractivity contribution in [3.05, 3.63) is 29.8 Å². The normalized spacial score (nSPS) is 10.2. The second kappa shape index (κ2) is 6.64. The summed E-state index contributed by atoms with van der Waals surface area (Å²) in [5.74, 6) is -0.469. The molecule has 0 aliphatic rings. The summed E-state index contributed by atoms with van der Waals surface area (Å²) in [5.41, 5.74) is 6.45. The molecule has 0 fully saturated rings. The number of hydrogen-bond acceptors (Lipinski definition) is 4. The van der Waals surface area contributed by atoms with Crippen LogP contribution in [-0.4, -0.2) is 25.0 Å². The van der Waals surface area contributed by atoms with Gasteiger partial charge in [0.1, 0.15) is 0 Å². The first-order chi connectivity index (χ1) is 8.49. The number of carbonyl (C=O) groups is 2. The highest BCUT2D eigenvalue weighted by Gasteiger charge is 2.09. The quantitative estimate of drug-likeness (QED) is 0.607. The third-order valence-electron chi connectivity index (χ3n) is 2.19. The summed E-state index contributed by atoms with van der Waals surface area (Å²) in [5, 5.41) is 2.66. The first-order valence-corrected chi connectivity index (χ1v) is 5.78. The molecule has 1 amide bonds. The standard InChI is InChI=1S/C13H18N2O3/c1-9(2)7-15-12(16)8-18-13(17)10-3-5-11(14)6-4-10/h3-6,9H,7-8,14H2,1-2H3,(H,15,16). The van der Waals surface area contributed by atoms with Crippen LogP contribution >= 0.6 is 0 Å². The van der Waals surface area contributed by atoms with E-state index in [1.165, 1.54) is 0 Å². The Bertz CT molecular complexity index is 413. The molecule has 0 unspecified atom stereocenters. The Morgan fingerprint density at radius 3 is 2.44 bits per heavy atom. The van der Waals surface area contributed by atoms with E-state index < -0.39 is 5.97 Å². The van der Waals surface area contributed by atoms with Crippen LogP contribution in [0.4, 0.5) is 5.69 Å². The SMILES string of the molecule is CC(C)CNC(=O)COC(=O)c1ccc(N)cc1. The highest BCUT2D eigenvalue weighted by atomic mass is 16.5. The van der Waals surface area contributed by atoms with E-state index >= 15 is 0 Å². The number of nitrogens with two attached hydrogens (primary N) is 1. The Kier molecular flexibility index (Phi) is 5.17. The molecule has 5 nitrogen and oxygen atoms in total. The van der Waals surface area contributed by atoms with Gasteiger partial charge in [-0.2, -0.15) is 0 Å². The lowest BCUT2D eigenvalue weighted by molar-refractivity contribution is -0.124. The maximum atomic E-state index is 11.6. The fourth-order valence-corrected chi connectivity index (χ4v) is 1.20. The molecule has 0 heterocycles. The molecule has 98 valence electrons. The molecule has 1 rings (SSSR count). The molecule has 0 aromatic heterocycles. The fraction of sp³-hybridized carbons (Fsp3) is 0.385. The van der Waals surface area contributed by atoms with Gasteiger partial charge in [-0.1, -0.05) is 13.8 Å². The molecule has 0 spiro atoms. The Balaban J connectivity index is 2.37. The molecule has 0 aliphatic carbocycles. The van der Waals surface area contributed by atoms with E-state index in [0.717, 1.165) is 0 Å². The van der Waals surface area contributed by atoms with Crippen molar-refractivity contribution in [2.75, 3.05) is 18.9 Å². The highest BCUT2D eigenvalue weighted by molar-refractivity contribution is 5.91. The first kappa shape index (κ1) is 14.0. The zero-order valence-corrected chi connectivity index (χ0v) is 10.6. The Labute approximate surface area is 106 Å². The van der Waals surface area contributed by atoms with Gasteiger partial charge in [0, 0.05) is 12.2 Å². The highest BCUT2D eigenvalue weighted by Crippen LogP contribution is 2.06. The number of rotatable bonds is 5.